The SMILES string of the molecule is CCc1c(C)cc2ncccc2c1Br. The van der Waals surface area contributed by atoms with Gasteiger partial charge in [0.25, 0.3) is 0 Å². The molecule has 72 valence electrons. The molecule has 0 bridgehead atoms. The van der Waals surface area contributed by atoms with Gasteiger partial charge in [-0.05, 0) is 52.5 Å². The van der Waals surface area contributed by atoms with Crippen LogP contribution in [0, 0.1) is 6.92 Å². The van der Waals surface area contributed by atoms with E-state index in [1.807, 2.05) is 12.3 Å². The highest BCUT2D eigenvalue weighted by molar-refractivity contribution is 9.10. The topological polar surface area (TPSA) is 12.9 Å². The smallest absolute Gasteiger partial charge is 0.0716 e. The van der Waals surface area contributed by atoms with Gasteiger partial charge in [-0.2, -0.15) is 0 Å². The molecule has 2 aromatic rings. The molecule has 0 atom stereocenters. The number of aryl methyl sites for hydroxylation is 1. The van der Waals surface area contributed by atoms with E-state index >= 15 is 0 Å². The van der Waals surface area contributed by atoms with E-state index in [0.29, 0.717) is 0 Å². The molecule has 0 radical (unpaired) electrons. The maximum Gasteiger partial charge on any atom is 0.0716 e. The minimum absolute atomic E-state index is 1.05. The molecule has 0 amide bonds. The van der Waals surface area contributed by atoms with Crippen molar-refractivity contribution in [3.63, 3.8) is 0 Å². The zero-order chi connectivity index (χ0) is 10.1. The zero-order valence-electron chi connectivity index (χ0n) is 8.34. The molecule has 1 heterocycles. The molecule has 2 rings (SSSR count). The molecule has 14 heavy (non-hydrogen) atoms. The molecule has 0 saturated carbocycles. The summed E-state index contributed by atoms with van der Waals surface area (Å²) in [5, 5.41) is 1.20. The molecule has 0 unspecified atom stereocenters. The Morgan fingerprint density at radius 3 is 2.93 bits per heavy atom. The van der Waals surface area contributed by atoms with Crippen molar-refractivity contribution in [2.24, 2.45) is 0 Å². The van der Waals surface area contributed by atoms with Gasteiger partial charge in [-0.3, -0.25) is 4.98 Å². The molecule has 1 aromatic carbocycles. The van der Waals surface area contributed by atoms with E-state index < -0.39 is 0 Å². The Labute approximate surface area is 92.3 Å². The van der Waals surface area contributed by atoms with Crippen molar-refractivity contribution in [1.82, 2.24) is 4.98 Å². The van der Waals surface area contributed by atoms with E-state index in [1.165, 1.54) is 21.0 Å². The minimum Gasteiger partial charge on any atom is -0.256 e. The number of hydrogen-bond acceptors (Lipinski definition) is 1. The first-order valence-electron chi connectivity index (χ1n) is 4.76. The van der Waals surface area contributed by atoms with Gasteiger partial charge in [-0.1, -0.05) is 13.0 Å². The molecule has 2 heteroatoms. The Hall–Kier alpha value is -0.890. The van der Waals surface area contributed by atoms with Crippen LogP contribution in [0.1, 0.15) is 18.1 Å². The molecule has 0 aliphatic heterocycles. The fraction of sp³-hybridized carbons (Fsp3) is 0.250. The fourth-order valence-corrected chi connectivity index (χ4v) is 2.71. The number of rotatable bonds is 1. The summed E-state index contributed by atoms with van der Waals surface area (Å²) in [7, 11) is 0. The average molecular weight is 250 g/mol. The third-order valence-electron chi connectivity index (χ3n) is 2.52. The summed E-state index contributed by atoms with van der Waals surface area (Å²) in [4.78, 5) is 4.35. The van der Waals surface area contributed by atoms with E-state index in [-0.39, 0.29) is 0 Å². The van der Waals surface area contributed by atoms with Crippen LogP contribution in [-0.2, 0) is 6.42 Å². The lowest BCUT2D eigenvalue weighted by Crippen LogP contribution is -1.91. The lowest BCUT2D eigenvalue weighted by molar-refractivity contribution is 1.10. The van der Waals surface area contributed by atoms with Gasteiger partial charge in [-0.15, -0.1) is 0 Å². The Morgan fingerprint density at radius 1 is 1.43 bits per heavy atom. The maximum atomic E-state index is 4.35. The maximum absolute atomic E-state index is 4.35. The minimum atomic E-state index is 1.05. The van der Waals surface area contributed by atoms with Crippen LogP contribution in [0.4, 0.5) is 0 Å². The van der Waals surface area contributed by atoms with Gasteiger partial charge in [0, 0.05) is 16.1 Å². The predicted molar refractivity (Wildman–Crippen MR) is 63.6 cm³/mol. The highest BCUT2D eigenvalue weighted by Gasteiger charge is 2.07. The Balaban J connectivity index is 2.86. The van der Waals surface area contributed by atoms with Crippen molar-refractivity contribution in [2.45, 2.75) is 20.3 Å². The summed E-state index contributed by atoms with van der Waals surface area (Å²) in [6, 6.07) is 6.23. The molecule has 0 N–H and O–H groups in total. The molecule has 0 fully saturated rings. The van der Waals surface area contributed by atoms with Crippen molar-refractivity contribution in [3.05, 3.63) is 40.0 Å². The van der Waals surface area contributed by atoms with E-state index in [1.54, 1.807) is 0 Å². The number of halogens is 1. The van der Waals surface area contributed by atoms with E-state index in [0.717, 1.165) is 11.9 Å². The van der Waals surface area contributed by atoms with Gasteiger partial charge >= 0.3 is 0 Å². The van der Waals surface area contributed by atoms with Gasteiger partial charge in [-0.25, -0.2) is 0 Å². The lowest BCUT2D eigenvalue weighted by atomic mass is 10.0. The third-order valence-corrected chi connectivity index (χ3v) is 3.43. The quantitative estimate of drug-likeness (QED) is 0.748. The largest absolute Gasteiger partial charge is 0.256 e. The van der Waals surface area contributed by atoms with E-state index in [9.17, 15) is 0 Å². The summed E-state index contributed by atoms with van der Waals surface area (Å²) in [6.07, 6.45) is 2.89. The first-order chi connectivity index (χ1) is 6.74. The summed E-state index contributed by atoms with van der Waals surface area (Å²) in [5.41, 5.74) is 3.75. The van der Waals surface area contributed by atoms with Crippen LogP contribution in [0.3, 0.4) is 0 Å². The second-order valence-corrected chi connectivity index (χ2v) is 4.20. The monoisotopic (exact) mass is 249 g/mol. The van der Waals surface area contributed by atoms with Crippen molar-refractivity contribution < 1.29 is 0 Å². The second kappa shape index (κ2) is 3.70. The van der Waals surface area contributed by atoms with Crippen LogP contribution >= 0.6 is 15.9 Å². The van der Waals surface area contributed by atoms with Crippen LogP contribution in [0.2, 0.25) is 0 Å². The fourth-order valence-electron chi connectivity index (χ4n) is 1.78. The van der Waals surface area contributed by atoms with Crippen LogP contribution in [0.5, 0.6) is 0 Å². The Morgan fingerprint density at radius 2 is 2.21 bits per heavy atom. The molecular formula is C12H12BrN. The lowest BCUT2D eigenvalue weighted by Gasteiger charge is -2.09. The zero-order valence-corrected chi connectivity index (χ0v) is 9.93. The highest BCUT2D eigenvalue weighted by Crippen LogP contribution is 2.29. The van der Waals surface area contributed by atoms with Gasteiger partial charge in [0.15, 0.2) is 0 Å². The van der Waals surface area contributed by atoms with E-state index in [2.05, 4.69) is 46.9 Å². The van der Waals surface area contributed by atoms with Crippen LogP contribution in [0.15, 0.2) is 28.9 Å². The highest BCUT2D eigenvalue weighted by atomic mass is 79.9. The van der Waals surface area contributed by atoms with Gasteiger partial charge in [0.1, 0.15) is 0 Å². The molecule has 0 aliphatic rings. The molecule has 0 saturated heterocycles. The van der Waals surface area contributed by atoms with Crippen LogP contribution in [-0.4, -0.2) is 4.98 Å². The van der Waals surface area contributed by atoms with Crippen molar-refractivity contribution in [2.75, 3.05) is 0 Å². The number of benzene rings is 1. The van der Waals surface area contributed by atoms with Crippen molar-refractivity contribution in [3.8, 4) is 0 Å². The van der Waals surface area contributed by atoms with Gasteiger partial charge < -0.3 is 0 Å². The predicted octanol–water partition coefficient (Wildman–Crippen LogP) is 3.87. The number of pyridine rings is 1. The van der Waals surface area contributed by atoms with Crippen molar-refractivity contribution in [1.29, 1.82) is 0 Å². The standard InChI is InChI=1S/C12H12BrN/c1-3-9-8(2)7-11-10(12(9)13)5-4-6-14-11/h4-7H,3H2,1-2H3. The van der Waals surface area contributed by atoms with Crippen LogP contribution < -0.4 is 0 Å². The molecular weight excluding hydrogens is 238 g/mol. The van der Waals surface area contributed by atoms with E-state index in [4.69, 9.17) is 0 Å². The normalized spacial score (nSPS) is 10.8. The number of fused-ring (bicyclic) bond motifs is 1. The third kappa shape index (κ3) is 1.44. The average Bonchev–Trinajstić information content (AvgIpc) is 2.18. The summed E-state index contributed by atoms with van der Waals surface area (Å²) < 4.78 is 1.20. The second-order valence-electron chi connectivity index (χ2n) is 3.41. The number of aromatic nitrogens is 1. The summed E-state index contributed by atoms with van der Waals surface area (Å²) in [5.74, 6) is 0. The molecule has 0 spiro atoms. The molecule has 1 aromatic heterocycles. The first-order valence-corrected chi connectivity index (χ1v) is 5.56. The van der Waals surface area contributed by atoms with Crippen molar-refractivity contribution >= 4 is 26.8 Å². The van der Waals surface area contributed by atoms with Gasteiger partial charge in [0.05, 0.1) is 5.52 Å². The number of nitrogens with zero attached hydrogens (tertiary/aromatic N) is 1. The summed E-state index contributed by atoms with van der Waals surface area (Å²) >= 11 is 3.65. The van der Waals surface area contributed by atoms with Gasteiger partial charge in [0.2, 0.25) is 0 Å². The Kier molecular flexibility index (Phi) is 2.55. The van der Waals surface area contributed by atoms with Crippen LogP contribution in [0.25, 0.3) is 10.9 Å². The number of hydrogen-bond donors (Lipinski definition) is 0. The molecule has 1 nitrogen and oxygen atoms in total. The Bertz CT molecular complexity index is 477. The first kappa shape index (κ1) is 9.66. The summed E-state index contributed by atoms with van der Waals surface area (Å²) in [6.45, 7) is 4.31. The molecule has 0 aliphatic carbocycles.